The number of carbonyl (C=O) groups excluding carboxylic acids is 2. The molecule has 0 bridgehead atoms. The fourth-order valence-corrected chi connectivity index (χ4v) is 2.36. The molecule has 1 heterocycles. The Morgan fingerprint density at radius 1 is 1.50 bits per heavy atom. The summed E-state index contributed by atoms with van der Waals surface area (Å²) in [5.74, 6) is 0.498. The van der Waals surface area contributed by atoms with Gasteiger partial charge < -0.3 is 19.9 Å². The molecule has 1 aromatic heterocycles. The van der Waals surface area contributed by atoms with Crippen LogP contribution >= 0.6 is 15.9 Å². The van der Waals surface area contributed by atoms with Crippen LogP contribution in [0.15, 0.2) is 10.8 Å². The summed E-state index contributed by atoms with van der Waals surface area (Å²) in [4.78, 5) is 33.1. The number of nitrogens with one attached hydrogen (secondary N) is 2. The zero-order valence-electron chi connectivity index (χ0n) is 13.4. The van der Waals surface area contributed by atoms with Gasteiger partial charge in [0.25, 0.3) is 0 Å². The van der Waals surface area contributed by atoms with Crippen LogP contribution in [-0.4, -0.2) is 46.6 Å². The van der Waals surface area contributed by atoms with Gasteiger partial charge in [-0.1, -0.05) is 20.8 Å². The highest BCUT2D eigenvalue weighted by Gasteiger charge is 2.29. The normalized spacial score (nSPS) is 12.1. The molecule has 0 aromatic carbocycles. The van der Waals surface area contributed by atoms with E-state index in [1.807, 2.05) is 20.8 Å². The molecule has 22 heavy (non-hydrogen) atoms. The van der Waals surface area contributed by atoms with Gasteiger partial charge in [0, 0.05) is 6.54 Å². The summed E-state index contributed by atoms with van der Waals surface area (Å²) in [5, 5.41) is 2.60. The average molecular weight is 375 g/mol. The number of hydrogen-bond donors (Lipinski definition) is 2. The Labute approximate surface area is 138 Å². The van der Waals surface area contributed by atoms with E-state index >= 15 is 0 Å². The summed E-state index contributed by atoms with van der Waals surface area (Å²) >= 11 is 3.30. The predicted octanol–water partition coefficient (Wildman–Crippen LogP) is 2.29. The molecule has 1 rings (SSSR count). The first kappa shape index (κ1) is 18.5. The Hall–Kier alpha value is -1.57. The number of nitrogens with zero attached hydrogens (tertiary/aromatic N) is 2. The maximum atomic E-state index is 12.7. The molecule has 7 nitrogen and oxygen atoms in total. The summed E-state index contributed by atoms with van der Waals surface area (Å²) in [6.45, 7) is 6.71. The molecule has 0 saturated carbocycles. The third-order valence-corrected chi connectivity index (χ3v) is 3.54. The fraction of sp³-hybridized carbons (Fsp3) is 0.643. The second kappa shape index (κ2) is 8.77. The van der Waals surface area contributed by atoms with Crippen molar-refractivity contribution in [2.75, 3.05) is 13.7 Å². The first-order valence-electron chi connectivity index (χ1n) is 7.21. The molecule has 1 aromatic rings. The molecule has 2 amide bonds. The number of carbonyl (C=O) groups is 2. The molecular formula is C14H23BrN4O3. The molecule has 0 spiro atoms. The smallest absolute Gasteiger partial charge is 0.407 e. The Bertz CT molecular complexity index is 504. The van der Waals surface area contributed by atoms with Crippen molar-refractivity contribution in [3.05, 3.63) is 16.6 Å². The van der Waals surface area contributed by atoms with E-state index < -0.39 is 12.1 Å². The summed E-state index contributed by atoms with van der Waals surface area (Å²) < 4.78 is 5.36. The van der Waals surface area contributed by atoms with E-state index in [2.05, 4.69) is 36.0 Å². The molecule has 0 aliphatic carbocycles. The number of rotatable bonds is 7. The second-order valence-electron chi connectivity index (χ2n) is 5.30. The number of aromatic amines is 1. The first-order valence-corrected chi connectivity index (χ1v) is 8.01. The van der Waals surface area contributed by atoms with Crippen molar-refractivity contribution in [3.8, 4) is 0 Å². The summed E-state index contributed by atoms with van der Waals surface area (Å²) in [5.41, 5.74) is 0. The van der Waals surface area contributed by atoms with Crippen molar-refractivity contribution >= 4 is 27.9 Å². The zero-order chi connectivity index (χ0) is 16.7. The molecule has 0 radical (unpaired) electrons. The number of amides is 2. The van der Waals surface area contributed by atoms with E-state index in [4.69, 9.17) is 0 Å². The Morgan fingerprint density at radius 2 is 2.18 bits per heavy atom. The molecule has 0 fully saturated rings. The van der Waals surface area contributed by atoms with Gasteiger partial charge in [-0.2, -0.15) is 0 Å². The molecule has 1 atom stereocenters. The van der Waals surface area contributed by atoms with Gasteiger partial charge in [0.05, 0.1) is 19.9 Å². The van der Waals surface area contributed by atoms with Crippen LogP contribution in [0, 0.1) is 5.92 Å². The van der Waals surface area contributed by atoms with Crippen molar-refractivity contribution in [1.29, 1.82) is 0 Å². The van der Waals surface area contributed by atoms with Crippen LogP contribution in [0.5, 0.6) is 0 Å². The minimum Gasteiger partial charge on any atom is -0.453 e. The lowest BCUT2D eigenvalue weighted by Crippen LogP contribution is -2.51. The van der Waals surface area contributed by atoms with Gasteiger partial charge in [-0.05, 0) is 28.3 Å². The third-order valence-electron chi connectivity index (χ3n) is 3.13. The molecular weight excluding hydrogens is 352 g/mol. The quantitative estimate of drug-likeness (QED) is 0.766. The van der Waals surface area contributed by atoms with E-state index in [0.29, 0.717) is 18.9 Å². The monoisotopic (exact) mass is 374 g/mol. The lowest BCUT2D eigenvalue weighted by Gasteiger charge is -2.28. The van der Waals surface area contributed by atoms with Crippen molar-refractivity contribution < 1.29 is 14.3 Å². The molecule has 124 valence electrons. The van der Waals surface area contributed by atoms with Crippen molar-refractivity contribution in [2.24, 2.45) is 5.92 Å². The van der Waals surface area contributed by atoms with Gasteiger partial charge in [-0.25, -0.2) is 9.78 Å². The van der Waals surface area contributed by atoms with E-state index in [1.165, 1.54) is 7.11 Å². The number of ether oxygens (including phenoxy) is 1. The highest BCUT2D eigenvalue weighted by molar-refractivity contribution is 9.10. The first-order chi connectivity index (χ1) is 10.4. The van der Waals surface area contributed by atoms with Gasteiger partial charge in [-0.15, -0.1) is 0 Å². The van der Waals surface area contributed by atoms with Crippen LogP contribution in [0.2, 0.25) is 0 Å². The SMILES string of the molecule is CCCN(Cc1ncc(Br)[nH]1)C(=O)C(NC(=O)OC)C(C)C. The lowest BCUT2D eigenvalue weighted by molar-refractivity contribution is -0.135. The topological polar surface area (TPSA) is 87.3 Å². The third kappa shape index (κ3) is 5.32. The van der Waals surface area contributed by atoms with Gasteiger partial charge in [0.15, 0.2) is 0 Å². The maximum absolute atomic E-state index is 12.7. The summed E-state index contributed by atoms with van der Waals surface area (Å²) in [7, 11) is 1.28. The van der Waals surface area contributed by atoms with E-state index in [-0.39, 0.29) is 11.8 Å². The molecule has 2 N–H and O–H groups in total. The summed E-state index contributed by atoms with van der Waals surface area (Å²) in [6.07, 6.45) is 1.86. The zero-order valence-corrected chi connectivity index (χ0v) is 14.9. The van der Waals surface area contributed by atoms with Gasteiger partial charge >= 0.3 is 6.09 Å². The van der Waals surface area contributed by atoms with Crippen LogP contribution < -0.4 is 5.32 Å². The fourth-order valence-electron chi connectivity index (χ4n) is 2.03. The average Bonchev–Trinajstić information content (AvgIpc) is 2.88. The van der Waals surface area contributed by atoms with Crippen molar-refractivity contribution in [3.63, 3.8) is 0 Å². The minimum atomic E-state index is -0.627. The number of methoxy groups -OCH3 is 1. The highest BCUT2D eigenvalue weighted by Crippen LogP contribution is 2.12. The van der Waals surface area contributed by atoms with Gasteiger partial charge in [0.2, 0.25) is 5.91 Å². The van der Waals surface area contributed by atoms with Gasteiger partial charge in [0.1, 0.15) is 16.5 Å². The van der Waals surface area contributed by atoms with Gasteiger partial charge in [-0.3, -0.25) is 4.79 Å². The molecule has 0 aliphatic rings. The number of aromatic nitrogens is 2. The van der Waals surface area contributed by atoms with Crippen LogP contribution in [0.4, 0.5) is 4.79 Å². The van der Waals surface area contributed by atoms with Crippen LogP contribution in [0.3, 0.4) is 0 Å². The Morgan fingerprint density at radius 3 is 2.64 bits per heavy atom. The number of halogens is 1. The predicted molar refractivity (Wildman–Crippen MR) is 86.2 cm³/mol. The molecule has 8 heteroatoms. The Kier molecular flexibility index (Phi) is 7.37. The maximum Gasteiger partial charge on any atom is 0.407 e. The highest BCUT2D eigenvalue weighted by atomic mass is 79.9. The van der Waals surface area contributed by atoms with E-state index in [0.717, 1.165) is 11.0 Å². The number of alkyl carbamates (subject to hydrolysis) is 1. The van der Waals surface area contributed by atoms with Crippen LogP contribution in [0.1, 0.15) is 33.0 Å². The molecule has 1 unspecified atom stereocenters. The van der Waals surface area contributed by atoms with Crippen LogP contribution in [0.25, 0.3) is 0 Å². The van der Waals surface area contributed by atoms with Crippen molar-refractivity contribution in [1.82, 2.24) is 20.2 Å². The molecule has 0 aliphatic heterocycles. The standard InChI is InChI=1S/C14H23BrN4O3/c1-5-6-19(8-11-16-7-10(15)17-11)13(20)12(9(2)3)18-14(21)22-4/h7,9,12H,5-6,8H2,1-4H3,(H,16,17)(H,18,21). The number of H-pyrrole nitrogens is 1. The Balaban J connectivity index is 2.86. The lowest BCUT2D eigenvalue weighted by atomic mass is 10.0. The number of hydrogen-bond acceptors (Lipinski definition) is 4. The number of imidazole rings is 1. The van der Waals surface area contributed by atoms with E-state index in [9.17, 15) is 9.59 Å². The summed E-state index contributed by atoms with van der Waals surface area (Å²) in [6, 6.07) is -0.627. The van der Waals surface area contributed by atoms with Crippen molar-refractivity contribution in [2.45, 2.75) is 39.8 Å². The molecule has 0 saturated heterocycles. The van der Waals surface area contributed by atoms with Crippen LogP contribution in [-0.2, 0) is 16.1 Å². The minimum absolute atomic E-state index is 0.0470. The van der Waals surface area contributed by atoms with E-state index in [1.54, 1.807) is 11.1 Å². The second-order valence-corrected chi connectivity index (χ2v) is 6.15. The largest absolute Gasteiger partial charge is 0.453 e.